The number of rotatable bonds is 5. The molecule has 5 nitrogen and oxygen atoms in total. The summed E-state index contributed by atoms with van der Waals surface area (Å²) < 4.78 is 23.4. The minimum atomic E-state index is -0.723. The van der Waals surface area contributed by atoms with Crippen molar-refractivity contribution in [2.75, 3.05) is 12.4 Å². The summed E-state index contributed by atoms with van der Waals surface area (Å²) in [4.78, 5) is 11.9. The first-order chi connectivity index (χ1) is 10.5. The second-order valence-electron chi connectivity index (χ2n) is 4.07. The largest absolute Gasteiger partial charge is 0.465 e. The highest BCUT2D eigenvalue weighted by Gasteiger charge is 2.22. The SMILES string of the molecule is C=C/C=C(/Nc1c(C(=O)OC)cc2snnc2c1F)C(=C)Cl. The Kier molecular flexibility index (Phi) is 4.89. The number of hydrogen-bond acceptors (Lipinski definition) is 6. The molecule has 114 valence electrons. The van der Waals surface area contributed by atoms with Gasteiger partial charge >= 0.3 is 5.97 Å². The van der Waals surface area contributed by atoms with Crippen LogP contribution in [0.3, 0.4) is 0 Å². The standard InChI is InChI=1S/C14H11ClFN3O2S/c1-4-5-9(7(2)15)17-12-8(14(20)21-3)6-10-13(11(12)16)18-19-22-10/h4-6,17H,1-2H2,3H3/b9-5+. The molecule has 0 aliphatic carbocycles. The van der Waals surface area contributed by atoms with Gasteiger partial charge in [0.05, 0.1) is 33.8 Å². The number of halogens is 2. The zero-order chi connectivity index (χ0) is 16.3. The molecule has 1 N–H and O–H groups in total. The van der Waals surface area contributed by atoms with Gasteiger partial charge in [-0.25, -0.2) is 9.18 Å². The molecule has 0 bridgehead atoms. The van der Waals surface area contributed by atoms with Crippen molar-refractivity contribution in [1.82, 2.24) is 9.59 Å². The van der Waals surface area contributed by atoms with Crippen LogP contribution >= 0.6 is 23.1 Å². The number of benzene rings is 1. The van der Waals surface area contributed by atoms with Crippen LogP contribution in [0.15, 0.2) is 42.1 Å². The van der Waals surface area contributed by atoms with Gasteiger partial charge in [-0.1, -0.05) is 35.3 Å². The summed E-state index contributed by atoms with van der Waals surface area (Å²) in [5.74, 6) is -1.42. The maximum atomic E-state index is 14.6. The van der Waals surface area contributed by atoms with Gasteiger partial charge in [-0.15, -0.1) is 5.10 Å². The van der Waals surface area contributed by atoms with E-state index < -0.39 is 11.8 Å². The molecule has 1 aromatic carbocycles. The predicted octanol–water partition coefficient (Wildman–Crippen LogP) is 3.85. The predicted molar refractivity (Wildman–Crippen MR) is 85.6 cm³/mol. The van der Waals surface area contributed by atoms with Crippen molar-refractivity contribution >= 4 is 45.0 Å². The number of ether oxygens (including phenoxy) is 1. The summed E-state index contributed by atoms with van der Waals surface area (Å²) in [6.07, 6.45) is 2.95. The number of esters is 1. The van der Waals surface area contributed by atoms with Crippen molar-refractivity contribution in [3.8, 4) is 0 Å². The van der Waals surface area contributed by atoms with E-state index in [9.17, 15) is 9.18 Å². The van der Waals surface area contributed by atoms with Crippen LogP contribution in [0.5, 0.6) is 0 Å². The normalized spacial score (nSPS) is 11.3. The fraction of sp³-hybridized carbons (Fsp3) is 0.0714. The molecule has 0 radical (unpaired) electrons. The van der Waals surface area contributed by atoms with Crippen LogP contribution in [-0.2, 0) is 4.74 Å². The van der Waals surface area contributed by atoms with E-state index in [4.69, 9.17) is 11.6 Å². The molecule has 0 saturated heterocycles. The number of aromatic nitrogens is 2. The van der Waals surface area contributed by atoms with E-state index in [0.717, 1.165) is 11.5 Å². The van der Waals surface area contributed by atoms with Gasteiger partial charge in [0, 0.05) is 0 Å². The van der Waals surface area contributed by atoms with Gasteiger partial charge < -0.3 is 10.1 Å². The lowest BCUT2D eigenvalue weighted by Crippen LogP contribution is -2.10. The maximum absolute atomic E-state index is 14.6. The Morgan fingerprint density at radius 3 is 2.91 bits per heavy atom. The van der Waals surface area contributed by atoms with Crippen LogP contribution in [0, 0.1) is 5.82 Å². The quantitative estimate of drug-likeness (QED) is 0.662. The average molecular weight is 340 g/mol. The second kappa shape index (κ2) is 6.67. The Labute approximate surface area is 134 Å². The molecular weight excluding hydrogens is 329 g/mol. The number of carbonyl (C=O) groups excluding carboxylic acids is 1. The van der Waals surface area contributed by atoms with Crippen molar-refractivity contribution in [2.24, 2.45) is 0 Å². The Bertz CT molecular complexity index is 801. The number of allylic oxidation sites excluding steroid dienone is 3. The minimum absolute atomic E-state index is 0.00595. The zero-order valence-electron chi connectivity index (χ0n) is 11.5. The lowest BCUT2D eigenvalue weighted by Gasteiger charge is -2.14. The molecule has 22 heavy (non-hydrogen) atoms. The van der Waals surface area contributed by atoms with E-state index in [0.29, 0.717) is 10.4 Å². The topological polar surface area (TPSA) is 64.1 Å². The van der Waals surface area contributed by atoms with Gasteiger partial charge in [-0.2, -0.15) is 0 Å². The Hall–Kier alpha value is -2.25. The molecule has 0 aliphatic rings. The van der Waals surface area contributed by atoms with E-state index in [1.807, 2.05) is 0 Å². The van der Waals surface area contributed by atoms with Gasteiger partial charge in [-0.05, 0) is 23.7 Å². The molecule has 0 spiro atoms. The fourth-order valence-electron chi connectivity index (χ4n) is 1.73. The molecule has 2 rings (SSSR count). The molecule has 8 heteroatoms. The van der Waals surface area contributed by atoms with Crippen molar-refractivity contribution in [1.29, 1.82) is 0 Å². The van der Waals surface area contributed by atoms with Gasteiger partial charge in [-0.3, -0.25) is 0 Å². The van der Waals surface area contributed by atoms with Crippen LogP contribution in [0.4, 0.5) is 10.1 Å². The van der Waals surface area contributed by atoms with E-state index in [1.54, 1.807) is 0 Å². The van der Waals surface area contributed by atoms with E-state index in [2.05, 4.69) is 32.8 Å². The van der Waals surface area contributed by atoms with Crippen LogP contribution in [0.2, 0.25) is 0 Å². The minimum Gasteiger partial charge on any atom is -0.465 e. The number of hydrogen-bond donors (Lipinski definition) is 1. The third kappa shape index (κ3) is 3.00. The maximum Gasteiger partial charge on any atom is 0.340 e. The first kappa shape index (κ1) is 16.1. The Morgan fingerprint density at radius 1 is 1.59 bits per heavy atom. The number of nitrogens with zero attached hydrogens (tertiary/aromatic N) is 2. The van der Waals surface area contributed by atoms with Crippen LogP contribution in [0.1, 0.15) is 10.4 Å². The average Bonchev–Trinajstić information content (AvgIpc) is 2.96. The molecule has 0 saturated carbocycles. The van der Waals surface area contributed by atoms with Crippen molar-refractivity contribution in [3.05, 3.63) is 53.5 Å². The third-order valence-electron chi connectivity index (χ3n) is 2.73. The van der Waals surface area contributed by atoms with Crippen LogP contribution in [-0.4, -0.2) is 22.7 Å². The summed E-state index contributed by atoms with van der Waals surface area (Å²) in [7, 11) is 1.21. The number of anilines is 1. The van der Waals surface area contributed by atoms with Gasteiger partial charge in [0.25, 0.3) is 0 Å². The molecule has 2 aromatic rings. The highest BCUT2D eigenvalue weighted by atomic mass is 35.5. The van der Waals surface area contributed by atoms with E-state index in [1.165, 1.54) is 25.3 Å². The Morgan fingerprint density at radius 2 is 2.32 bits per heavy atom. The molecular formula is C14H11ClFN3O2S. The highest BCUT2D eigenvalue weighted by Crippen LogP contribution is 2.32. The molecule has 0 unspecified atom stereocenters. The molecule has 1 heterocycles. The fourth-order valence-corrected chi connectivity index (χ4v) is 2.44. The van der Waals surface area contributed by atoms with Gasteiger partial charge in [0.15, 0.2) is 5.82 Å². The molecule has 1 aromatic heterocycles. The van der Waals surface area contributed by atoms with Crippen LogP contribution in [0.25, 0.3) is 10.2 Å². The molecule has 0 aliphatic heterocycles. The first-order valence-corrected chi connectivity index (χ1v) is 7.12. The number of nitrogens with one attached hydrogen (secondary N) is 1. The third-order valence-corrected chi connectivity index (χ3v) is 3.60. The summed E-state index contributed by atoms with van der Waals surface area (Å²) in [6.45, 7) is 7.11. The monoisotopic (exact) mass is 339 g/mol. The number of methoxy groups -OCH3 is 1. The summed E-state index contributed by atoms with van der Waals surface area (Å²) in [5.41, 5.74) is 0.245. The zero-order valence-corrected chi connectivity index (χ0v) is 13.1. The van der Waals surface area contributed by atoms with Crippen LogP contribution < -0.4 is 5.32 Å². The first-order valence-electron chi connectivity index (χ1n) is 5.97. The smallest absolute Gasteiger partial charge is 0.340 e. The second-order valence-corrected chi connectivity index (χ2v) is 5.31. The molecule has 0 amide bonds. The Balaban J connectivity index is 2.66. The van der Waals surface area contributed by atoms with E-state index >= 15 is 0 Å². The number of fused-ring (bicyclic) bond motifs is 1. The van der Waals surface area contributed by atoms with Gasteiger partial charge in [0.1, 0.15) is 5.52 Å². The lowest BCUT2D eigenvalue weighted by molar-refractivity contribution is 0.0601. The van der Waals surface area contributed by atoms with Crippen molar-refractivity contribution in [2.45, 2.75) is 0 Å². The van der Waals surface area contributed by atoms with Crippen molar-refractivity contribution in [3.63, 3.8) is 0 Å². The van der Waals surface area contributed by atoms with E-state index in [-0.39, 0.29) is 21.8 Å². The lowest BCUT2D eigenvalue weighted by atomic mass is 10.1. The number of carbonyl (C=O) groups is 1. The highest BCUT2D eigenvalue weighted by molar-refractivity contribution is 7.13. The summed E-state index contributed by atoms with van der Waals surface area (Å²) >= 11 is 6.83. The molecule has 0 fully saturated rings. The molecule has 0 atom stereocenters. The van der Waals surface area contributed by atoms with Gasteiger partial charge in [0.2, 0.25) is 0 Å². The van der Waals surface area contributed by atoms with Crippen molar-refractivity contribution < 1.29 is 13.9 Å². The summed E-state index contributed by atoms with van der Waals surface area (Å²) in [6, 6.07) is 1.46. The summed E-state index contributed by atoms with van der Waals surface area (Å²) in [5, 5.41) is 6.57.